The number of anilines is 2. The molecule has 150 valence electrons. The number of fused-ring (bicyclic) bond motifs is 1. The second-order valence-corrected chi connectivity index (χ2v) is 7.05. The number of nitrogens with zero attached hydrogens (tertiary/aromatic N) is 3. The van der Waals surface area contributed by atoms with E-state index in [0.717, 1.165) is 35.8 Å². The van der Waals surface area contributed by atoms with Gasteiger partial charge in [-0.15, -0.1) is 0 Å². The average molecular weight is 392 g/mol. The molecular formula is C22H24N4O3. The molecule has 1 aliphatic rings. The number of piperidine rings is 1. The Kier molecular flexibility index (Phi) is 5.74. The van der Waals surface area contributed by atoms with E-state index in [1.165, 1.54) is 25.3 Å². The first-order valence-electron chi connectivity index (χ1n) is 9.92. The molecule has 0 unspecified atom stereocenters. The van der Waals surface area contributed by atoms with Gasteiger partial charge in [-0.05, 0) is 49.6 Å². The first-order valence-corrected chi connectivity index (χ1v) is 9.92. The van der Waals surface area contributed by atoms with E-state index in [4.69, 9.17) is 19.8 Å². The highest BCUT2D eigenvalue weighted by Gasteiger charge is 2.16. The normalized spacial score (nSPS) is 14.0. The van der Waals surface area contributed by atoms with E-state index in [9.17, 15) is 4.79 Å². The predicted molar refractivity (Wildman–Crippen MR) is 113 cm³/mol. The summed E-state index contributed by atoms with van der Waals surface area (Å²) < 4.78 is 5.70. The first-order chi connectivity index (χ1) is 14.2. The minimum atomic E-state index is -0.966. The molecular weight excluding hydrogens is 368 g/mol. The van der Waals surface area contributed by atoms with Gasteiger partial charge in [0.1, 0.15) is 18.2 Å². The van der Waals surface area contributed by atoms with Crippen LogP contribution in [0.2, 0.25) is 0 Å². The summed E-state index contributed by atoms with van der Waals surface area (Å²) in [7, 11) is 0. The average Bonchev–Trinajstić information content (AvgIpc) is 2.77. The van der Waals surface area contributed by atoms with Gasteiger partial charge in [0.05, 0.1) is 17.6 Å². The van der Waals surface area contributed by atoms with Crippen molar-refractivity contribution in [2.75, 3.05) is 36.5 Å². The number of carboxylic acid groups (broad SMARTS) is 1. The summed E-state index contributed by atoms with van der Waals surface area (Å²) in [5, 5.41) is 13.4. The van der Waals surface area contributed by atoms with Crippen LogP contribution in [0, 0.1) is 0 Å². The Bertz CT molecular complexity index is 1000. The fourth-order valence-corrected chi connectivity index (χ4v) is 3.49. The van der Waals surface area contributed by atoms with Gasteiger partial charge >= 0.3 is 5.97 Å². The van der Waals surface area contributed by atoms with E-state index in [0.29, 0.717) is 18.9 Å². The zero-order chi connectivity index (χ0) is 20.1. The lowest BCUT2D eigenvalue weighted by atomic mass is 10.1. The van der Waals surface area contributed by atoms with Crippen LogP contribution in [0.1, 0.15) is 29.6 Å². The van der Waals surface area contributed by atoms with Crippen molar-refractivity contribution >= 4 is 28.6 Å². The molecule has 0 amide bonds. The molecule has 1 aromatic heterocycles. The van der Waals surface area contributed by atoms with Gasteiger partial charge in [0.15, 0.2) is 0 Å². The van der Waals surface area contributed by atoms with Gasteiger partial charge < -0.3 is 20.1 Å². The highest BCUT2D eigenvalue weighted by Crippen LogP contribution is 2.25. The Morgan fingerprint density at radius 1 is 1.07 bits per heavy atom. The van der Waals surface area contributed by atoms with Gasteiger partial charge in [0.25, 0.3) is 0 Å². The first kappa shape index (κ1) is 19.0. The molecule has 1 aliphatic heterocycles. The molecule has 29 heavy (non-hydrogen) atoms. The summed E-state index contributed by atoms with van der Waals surface area (Å²) >= 11 is 0. The van der Waals surface area contributed by atoms with Crippen LogP contribution in [0.15, 0.2) is 48.5 Å². The summed E-state index contributed by atoms with van der Waals surface area (Å²) in [6.07, 6.45) is 3.60. The number of carboxylic acids is 1. The molecule has 4 rings (SSSR count). The number of aromatic carboxylic acids is 1. The van der Waals surface area contributed by atoms with Gasteiger partial charge in [-0.25, -0.2) is 9.78 Å². The molecule has 1 fully saturated rings. The van der Waals surface area contributed by atoms with Crippen LogP contribution in [-0.4, -0.2) is 47.3 Å². The Balaban J connectivity index is 1.45. The summed E-state index contributed by atoms with van der Waals surface area (Å²) in [5.74, 6) is 1.12. The van der Waals surface area contributed by atoms with Crippen LogP contribution in [0.3, 0.4) is 0 Å². The minimum absolute atomic E-state index is 0.212. The molecule has 2 heterocycles. The Hall–Kier alpha value is -3.35. The number of aromatic nitrogens is 2. The maximum Gasteiger partial charge on any atom is 0.335 e. The number of rotatable bonds is 7. The maximum atomic E-state index is 11.1. The van der Waals surface area contributed by atoms with E-state index in [-0.39, 0.29) is 5.56 Å². The van der Waals surface area contributed by atoms with Crippen molar-refractivity contribution in [3.05, 3.63) is 54.1 Å². The number of carbonyl (C=O) groups is 1. The van der Waals surface area contributed by atoms with Crippen LogP contribution >= 0.6 is 0 Å². The molecule has 0 spiro atoms. The monoisotopic (exact) mass is 392 g/mol. The quantitative estimate of drug-likeness (QED) is 0.591. The molecule has 3 aromatic rings. The van der Waals surface area contributed by atoms with Crippen LogP contribution < -0.4 is 15.0 Å². The van der Waals surface area contributed by atoms with Crippen LogP contribution in [0.25, 0.3) is 10.9 Å². The summed E-state index contributed by atoms with van der Waals surface area (Å²) in [6, 6.07) is 14.5. The topological polar surface area (TPSA) is 87.6 Å². The number of para-hydroxylation sites is 1. The van der Waals surface area contributed by atoms with Gasteiger partial charge in [-0.1, -0.05) is 18.2 Å². The molecule has 7 heteroatoms. The van der Waals surface area contributed by atoms with Crippen molar-refractivity contribution in [2.24, 2.45) is 0 Å². The standard InChI is InChI=1S/C22H24N4O3/c27-21(28)16-7-6-8-17(15-16)29-14-11-23-20-18-9-2-3-10-19(18)24-22(25-20)26-12-4-1-5-13-26/h2-3,6-10,15H,1,4-5,11-14H2,(H,27,28)(H,23,24,25). The van der Waals surface area contributed by atoms with E-state index in [1.807, 2.05) is 24.3 Å². The second kappa shape index (κ2) is 8.77. The fourth-order valence-electron chi connectivity index (χ4n) is 3.49. The van der Waals surface area contributed by atoms with Gasteiger partial charge in [-0.3, -0.25) is 0 Å². The summed E-state index contributed by atoms with van der Waals surface area (Å²) in [5.41, 5.74) is 1.13. The van der Waals surface area contributed by atoms with Gasteiger partial charge in [0.2, 0.25) is 5.95 Å². The van der Waals surface area contributed by atoms with Crippen LogP contribution in [-0.2, 0) is 0 Å². The second-order valence-electron chi connectivity index (χ2n) is 7.05. The van der Waals surface area contributed by atoms with Crippen LogP contribution in [0.5, 0.6) is 5.75 Å². The number of ether oxygens (including phenoxy) is 1. The van der Waals surface area contributed by atoms with Crippen molar-refractivity contribution in [3.8, 4) is 5.75 Å². The van der Waals surface area contributed by atoms with Gasteiger partial charge in [0, 0.05) is 18.5 Å². The third kappa shape index (κ3) is 4.56. The molecule has 0 radical (unpaired) electrons. The fraction of sp³-hybridized carbons (Fsp3) is 0.318. The molecule has 2 N–H and O–H groups in total. The lowest BCUT2D eigenvalue weighted by Crippen LogP contribution is -2.31. The number of hydrogen-bond acceptors (Lipinski definition) is 6. The van der Waals surface area contributed by atoms with Crippen molar-refractivity contribution in [3.63, 3.8) is 0 Å². The smallest absolute Gasteiger partial charge is 0.335 e. The van der Waals surface area contributed by atoms with E-state index < -0.39 is 5.97 Å². The third-order valence-electron chi connectivity index (χ3n) is 4.97. The predicted octanol–water partition coefficient (Wildman–Crippen LogP) is 3.81. The SMILES string of the molecule is O=C(O)c1cccc(OCCNc2nc(N3CCCCC3)nc3ccccc23)c1. The van der Waals surface area contributed by atoms with E-state index in [1.54, 1.807) is 18.2 Å². The van der Waals surface area contributed by atoms with Crippen molar-refractivity contribution in [1.82, 2.24) is 9.97 Å². The summed E-state index contributed by atoms with van der Waals surface area (Å²) in [6.45, 7) is 2.90. The van der Waals surface area contributed by atoms with Crippen molar-refractivity contribution in [1.29, 1.82) is 0 Å². The highest BCUT2D eigenvalue weighted by molar-refractivity contribution is 5.90. The molecule has 2 aromatic carbocycles. The molecule has 0 bridgehead atoms. The molecule has 0 aliphatic carbocycles. The zero-order valence-corrected chi connectivity index (χ0v) is 16.2. The molecule has 0 saturated carbocycles. The van der Waals surface area contributed by atoms with E-state index >= 15 is 0 Å². The largest absolute Gasteiger partial charge is 0.492 e. The number of benzene rings is 2. The Morgan fingerprint density at radius 3 is 2.72 bits per heavy atom. The Labute approximate surface area is 169 Å². The third-order valence-corrected chi connectivity index (χ3v) is 4.97. The Morgan fingerprint density at radius 2 is 1.90 bits per heavy atom. The molecule has 1 saturated heterocycles. The summed E-state index contributed by atoms with van der Waals surface area (Å²) in [4.78, 5) is 22.8. The van der Waals surface area contributed by atoms with Crippen molar-refractivity contribution < 1.29 is 14.6 Å². The molecule has 7 nitrogen and oxygen atoms in total. The highest BCUT2D eigenvalue weighted by atomic mass is 16.5. The lowest BCUT2D eigenvalue weighted by molar-refractivity contribution is 0.0696. The lowest BCUT2D eigenvalue weighted by Gasteiger charge is -2.27. The van der Waals surface area contributed by atoms with Gasteiger partial charge in [-0.2, -0.15) is 4.98 Å². The minimum Gasteiger partial charge on any atom is -0.492 e. The zero-order valence-electron chi connectivity index (χ0n) is 16.2. The maximum absolute atomic E-state index is 11.1. The van der Waals surface area contributed by atoms with Crippen molar-refractivity contribution in [2.45, 2.75) is 19.3 Å². The van der Waals surface area contributed by atoms with Crippen LogP contribution in [0.4, 0.5) is 11.8 Å². The molecule has 0 atom stereocenters. The number of hydrogen-bond donors (Lipinski definition) is 2. The van der Waals surface area contributed by atoms with E-state index in [2.05, 4.69) is 10.2 Å². The number of nitrogens with one attached hydrogen (secondary N) is 1.